The molecule has 2 saturated heterocycles. The standard InChI is InChI=1S/C52H74ClFN10O7S/c1-38(55-22-10-26-69-28-30-71-31-29-70-27-11-23-57-49(65)16-4-3-15-46-42-34-52(68)63-45(42)36-72-46)12-7-17-50(66)56-21-5-6-24-64(2)25-9-18-51(67)62-40-14-8-13-39(32-40)60-47-35-48(59-37-58-47)61-41-19-20-44(54)43(53)33-41/h8-9,13-14,18-20,32-33,35,37,42,45-46,55H,1,3-7,10-12,15-17,21-31,34,36H2,2H3,(H,56,66)(H,57,65)(H,62,67)(H,63,68)(H2,58,59,60,61)/b18-9+/t42-,45-,46-/m0/s1. The van der Waals surface area contributed by atoms with Gasteiger partial charge in [0.2, 0.25) is 23.6 Å². The number of ether oxygens (including phenoxy) is 3. The number of carbonyl (C=O) groups is 4. The summed E-state index contributed by atoms with van der Waals surface area (Å²) in [5.74, 6) is 2.05. The monoisotopic (exact) mass is 1040 g/mol. The molecule has 3 heterocycles. The smallest absolute Gasteiger partial charge is 0.248 e. The molecule has 0 saturated carbocycles. The summed E-state index contributed by atoms with van der Waals surface area (Å²) in [6.45, 7) is 10.7. The summed E-state index contributed by atoms with van der Waals surface area (Å²) in [7, 11) is 1.99. The summed E-state index contributed by atoms with van der Waals surface area (Å²) >= 11 is 7.86. The topological polar surface area (TPSA) is 209 Å². The number of aromatic nitrogens is 2. The number of carbonyl (C=O) groups excluding carboxylic acids is 4. The van der Waals surface area contributed by atoms with Crippen LogP contribution in [-0.2, 0) is 33.4 Å². The molecular formula is C52H74ClFN10O7S. The quantitative estimate of drug-likeness (QED) is 0.0221. The van der Waals surface area contributed by atoms with Crippen molar-refractivity contribution in [3.63, 3.8) is 0 Å². The number of fused-ring (bicyclic) bond motifs is 1. The minimum Gasteiger partial charge on any atom is -0.389 e. The Labute approximate surface area is 433 Å². The molecule has 72 heavy (non-hydrogen) atoms. The van der Waals surface area contributed by atoms with E-state index >= 15 is 0 Å². The van der Waals surface area contributed by atoms with Gasteiger partial charge in [0.15, 0.2) is 0 Å². The van der Waals surface area contributed by atoms with E-state index in [1.165, 1.54) is 24.5 Å². The first kappa shape index (κ1) is 57.6. The number of nitrogens with zero attached hydrogens (tertiary/aromatic N) is 3. The molecule has 2 aromatic carbocycles. The Kier molecular flexibility index (Phi) is 26.7. The van der Waals surface area contributed by atoms with Gasteiger partial charge in [-0.1, -0.05) is 36.7 Å². The van der Waals surface area contributed by atoms with Crippen LogP contribution in [0.5, 0.6) is 0 Å². The molecule has 0 aliphatic carbocycles. The second kappa shape index (κ2) is 33.4. The first-order valence-electron chi connectivity index (χ1n) is 25.2. The van der Waals surface area contributed by atoms with Crippen LogP contribution in [0.25, 0.3) is 0 Å². The minimum atomic E-state index is -0.505. The third-order valence-electron chi connectivity index (χ3n) is 11.9. The summed E-state index contributed by atoms with van der Waals surface area (Å²) in [5.41, 5.74) is 2.81. The largest absolute Gasteiger partial charge is 0.389 e. The lowest BCUT2D eigenvalue weighted by molar-refractivity contribution is -0.122. The fourth-order valence-corrected chi connectivity index (χ4v) is 9.89. The van der Waals surface area contributed by atoms with Crippen molar-refractivity contribution in [1.82, 2.24) is 36.1 Å². The Morgan fingerprint density at radius 2 is 1.46 bits per heavy atom. The fraction of sp³-hybridized carbons (Fsp3) is 0.538. The van der Waals surface area contributed by atoms with E-state index in [1.807, 2.05) is 37.0 Å². The lowest BCUT2D eigenvalue weighted by Gasteiger charge is -2.15. The molecule has 3 atom stereocenters. The highest BCUT2D eigenvalue weighted by atomic mass is 35.5. The number of likely N-dealkylation sites (N-methyl/N-ethyl adjacent to an activating group) is 1. The van der Waals surface area contributed by atoms with Crippen LogP contribution in [0.3, 0.4) is 0 Å². The van der Waals surface area contributed by atoms with E-state index in [9.17, 15) is 23.6 Å². The van der Waals surface area contributed by atoms with Gasteiger partial charge < -0.3 is 56.3 Å². The number of hydrogen-bond donors (Lipinski definition) is 7. The molecule has 394 valence electrons. The fourth-order valence-electron chi connectivity index (χ4n) is 8.06. The maximum atomic E-state index is 13.5. The number of halogens is 2. The summed E-state index contributed by atoms with van der Waals surface area (Å²) in [5, 5.41) is 22.1. The molecule has 2 fully saturated rings. The molecule has 0 bridgehead atoms. The van der Waals surface area contributed by atoms with Crippen molar-refractivity contribution < 1.29 is 37.8 Å². The maximum Gasteiger partial charge on any atom is 0.248 e. The Morgan fingerprint density at radius 3 is 2.18 bits per heavy atom. The molecule has 2 aliphatic rings. The van der Waals surface area contributed by atoms with Gasteiger partial charge in [-0.3, -0.25) is 19.2 Å². The van der Waals surface area contributed by atoms with Gasteiger partial charge in [0.25, 0.3) is 0 Å². The predicted octanol–water partition coefficient (Wildman–Crippen LogP) is 7.48. The van der Waals surface area contributed by atoms with Crippen LogP contribution < -0.4 is 37.2 Å². The van der Waals surface area contributed by atoms with Crippen molar-refractivity contribution in [2.24, 2.45) is 5.92 Å². The van der Waals surface area contributed by atoms with E-state index in [1.54, 1.807) is 24.3 Å². The Bertz CT molecular complexity index is 2190. The lowest BCUT2D eigenvalue weighted by atomic mass is 9.94. The molecule has 4 amide bonds. The van der Waals surface area contributed by atoms with Gasteiger partial charge in [-0.25, -0.2) is 14.4 Å². The number of allylic oxidation sites excluding steroid dienone is 1. The molecule has 2 aliphatic heterocycles. The summed E-state index contributed by atoms with van der Waals surface area (Å²) in [6.07, 6.45) is 14.2. The van der Waals surface area contributed by atoms with E-state index in [2.05, 4.69) is 58.7 Å². The SMILES string of the molecule is C=C(CCCC(=O)NCCCCN(C)C/C=C/C(=O)Nc1cccc(Nc2cc(Nc3ccc(F)c(Cl)c3)ncn2)c1)NCCCOCCOCCOCCCNC(=O)CCCC[C@@H]1SC[C@@H]2NC(=O)C[C@@H]21. The van der Waals surface area contributed by atoms with Gasteiger partial charge in [0.1, 0.15) is 23.8 Å². The van der Waals surface area contributed by atoms with Crippen LogP contribution in [-0.4, -0.2) is 135 Å². The van der Waals surface area contributed by atoms with Gasteiger partial charge in [-0.15, -0.1) is 0 Å². The van der Waals surface area contributed by atoms with Crippen molar-refractivity contribution in [1.29, 1.82) is 0 Å². The second-order valence-electron chi connectivity index (χ2n) is 17.9. The number of thioether (sulfide) groups is 1. The normalized spacial score (nSPS) is 16.1. The van der Waals surface area contributed by atoms with E-state index < -0.39 is 5.82 Å². The van der Waals surface area contributed by atoms with Crippen LogP contribution in [0.15, 0.2) is 79.3 Å². The number of unbranched alkanes of at least 4 members (excludes halogenated alkanes) is 2. The van der Waals surface area contributed by atoms with Gasteiger partial charge in [0.05, 0.1) is 31.5 Å². The molecule has 20 heteroatoms. The van der Waals surface area contributed by atoms with Crippen LogP contribution in [0.1, 0.15) is 77.0 Å². The van der Waals surface area contributed by atoms with E-state index in [-0.39, 0.29) is 28.7 Å². The van der Waals surface area contributed by atoms with Gasteiger partial charge >= 0.3 is 0 Å². The van der Waals surface area contributed by atoms with Crippen LogP contribution in [0.4, 0.5) is 33.1 Å². The third kappa shape index (κ3) is 23.5. The molecule has 0 radical (unpaired) electrons. The number of benzene rings is 2. The zero-order valence-corrected chi connectivity index (χ0v) is 43.2. The zero-order valence-electron chi connectivity index (χ0n) is 41.6. The van der Waals surface area contributed by atoms with Crippen molar-refractivity contribution in [2.75, 3.05) is 101 Å². The average Bonchev–Trinajstić information content (AvgIpc) is 3.91. The molecule has 5 rings (SSSR count). The van der Waals surface area contributed by atoms with E-state index in [4.69, 9.17) is 25.8 Å². The van der Waals surface area contributed by atoms with Crippen molar-refractivity contribution in [3.05, 3.63) is 90.1 Å². The first-order chi connectivity index (χ1) is 35.0. The van der Waals surface area contributed by atoms with Crippen molar-refractivity contribution in [2.45, 2.75) is 88.3 Å². The Hall–Kier alpha value is -5.31. The molecule has 17 nitrogen and oxygen atoms in total. The van der Waals surface area contributed by atoms with Crippen molar-refractivity contribution in [3.8, 4) is 0 Å². The predicted molar refractivity (Wildman–Crippen MR) is 284 cm³/mol. The van der Waals surface area contributed by atoms with Crippen LogP contribution in [0.2, 0.25) is 5.02 Å². The molecule has 0 unspecified atom stereocenters. The Balaban J connectivity index is 0.752. The van der Waals surface area contributed by atoms with E-state index in [0.717, 1.165) is 82.3 Å². The van der Waals surface area contributed by atoms with Gasteiger partial charge in [-0.2, -0.15) is 11.8 Å². The highest BCUT2D eigenvalue weighted by molar-refractivity contribution is 8.00. The summed E-state index contributed by atoms with van der Waals surface area (Å²) < 4.78 is 30.4. The van der Waals surface area contributed by atoms with Crippen LogP contribution >= 0.6 is 23.4 Å². The maximum absolute atomic E-state index is 13.5. The minimum absolute atomic E-state index is 0.00314. The lowest BCUT2D eigenvalue weighted by Crippen LogP contribution is -2.29. The average molecular weight is 1040 g/mol. The Morgan fingerprint density at radius 1 is 0.806 bits per heavy atom. The molecule has 3 aromatic rings. The van der Waals surface area contributed by atoms with Crippen LogP contribution in [0, 0.1) is 11.7 Å². The highest BCUT2D eigenvalue weighted by Gasteiger charge is 2.42. The highest BCUT2D eigenvalue weighted by Crippen LogP contribution is 2.40. The van der Waals surface area contributed by atoms with Gasteiger partial charge in [0, 0.05) is 117 Å². The number of anilines is 5. The summed E-state index contributed by atoms with van der Waals surface area (Å²) in [6, 6.07) is 13.6. The first-order valence-corrected chi connectivity index (χ1v) is 26.6. The zero-order chi connectivity index (χ0) is 51.2. The molecular weight excluding hydrogens is 963 g/mol. The number of rotatable bonds is 37. The van der Waals surface area contributed by atoms with Gasteiger partial charge in [-0.05, 0) is 101 Å². The molecule has 1 aromatic heterocycles. The number of nitrogens with one attached hydrogen (secondary N) is 7. The molecule has 7 N–H and O–H groups in total. The second-order valence-corrected chi connectivity index (χ2v) is 19.6. The molecule has 0 spiro atoms. The number of amides is 4. The summed E-state index contributed by atoms with van der Waals surface area (Å²) in [4.78, 5) is 59.3. The third-order valence-corrected chi connectivity index (χ3v) is 13.7. The number of hydrogen-bond acceptors (Lipinski definition) is 14. The van der Waals surface area contributed by atoms with Crippen molar-refractivity contribution >= 4 is 75.7 Å². The van der Waals surface area contributed by atoms with E-state index in [0.29, 0.717) is 124 Å².